The van der Waals surface area contributed by atoms with Gasteiger partial charge in [-0.25, -0.2) is 4.99 Å². The van der Waals surface area contributed by atoms with E-state index >= 15 is 0 Å². The van der Waals surface area contributed by atoms with Crippen molar-refractivity contribution in [3.8, 4) is 11.5 Å². The number of nitrogens with one attached hydrogen (secondary N) is 2. The van der Waals surface area contributed by atoms with Crippen molar-refractivity contribution in [3.05, 3.63) is 23.8 Å². The molecule has 1 aromatic rings. The van der Waals surface area contributed by atoms with E-state index in [0.717, 1.165) is 39.3 Å². The second-order valence-corrected chi connectivity index (χ2v) is 6.92. The normalized spacial score (nSPS) is 23.5. The Morgan fingerprint density at radius 1 is 1.24 bits per heavy atom. The molecule has 0 saturated carbocycles. The van der Waals surface area contributed by atoms with Gasteiger partial charge in [0, 0.05) is 57.4 Å². The minimum Gasteiger partial charge on any atom is -0.497 e. The summed E-state index contributed by atoms with van der Waals surface area (Å²) >= 11 is 0. The number of halogens is 3. The van der Waals surface area contributed by atoms with Crippen molar-refractivity contribution < 1.29 is 18.3 Å². The minimum atomic E-state index is -2.88. The molecule has 3 heterocycles. The highest BCUT2D eigenvalue weighted by molar-refractivity contribution is 14.0. The molecule has 2 bridgehead atoms. The molecule has 3 fully saturated rings. The Bertz CT molecular complexity index is 672. The number of benzene rings is 1. The summed E-state index contributed by atoms with van der Waals surface area (Å²) in [5.41, 5.74) is 0.545. The van der Waals surface area contributed by atoms with Crippen LogP contribution >= 0.6 is 24.0 Å². The summed E-state index contributed by atoms with van der Waals surface area (Å²) in [4.78, 5) is 9.55. The molecule has 0 aromatic heterocycles. The van der Waals surface area contributed by atoms with Crippen molar-refractivity contribution >= 4 is 29.9 Å². The number of piperazine rings is 3. The first kappa shape index (κ1) is 23.9. The zero-order valence-corrected chi connectivity index (χ0v) is 19.2. The third kappa shape index (κ3) is 6.82. The number of rotatable bonds is 8. The lowest BCUT2D eigenvalue weighted by atomic mass is 10.1. The largest absolute Gasteiger partial charge is 0.497 e. The van der Waals surface area contributed by atoms with Gasteiger partial charge in [-0.1, -0.05) is 0 Å². The Balaban J connectivity index is 0.00000300. The van der Waals surface area contributed by atoms with Crippen LogP contribution in [0.1, 0.15) is 12.5 Å². The lowest BCUT2D eigenvalue weighted by Gasteiger charge is -2.47. The van der Waals surface area contributed by atoms with E-state index in [1.165, 1.54) is 13.2 Å². The summed E-state index contributed by atoms with van der Waals surface area (Å²) in [7, 11) is 1.53. The second-order valence-electron chi connectivity index (χ2n) is 6.92. The third-order valence-corrected chi connectivity index (χ3v) is 5.13. The molecule has 29 heavy (non-hydrogen) atoms. The van der Waals surface area contributed by atoms with Gasteiger partial charge >= 0.3 is 6.61 Å². The van der Waals surface area contributed by atoms with Gasteiger partial charge in [0.2, 0.25) is 0 Å². The van der Waals surface area contributed by atoms with Gasteiger partial charge in [0.1, 0.15) is 11.5 Å². The predicted molar refractivity (Wildman–Crippen MR) is 120 cm³/mol. The van der Waals surface area contributed by atoms with Gasteiger partial charge in [-0.2, -0.15) is 8.78 Å². The van der Waals surface area contributed by atoms with Crippen LogP contribution in [0, 0.1) is 0 Å². The highest BCUT2D eigenvalue weighted by atomic mass is 127. The number of methoxy groups -OCH3 is 1. The molecule has 0 amide bonds. The summed E-state index contributed by atoms with van der Waals surface area (Å²) in [5.74, 6) is 1.34. The maximum Gasteiger partial charge on any atom is 0.387 e. The summed E-state index contributed by atoms with van der Waals surface area (Å²) in [5, 5.41) is 6.60. The van der Waals surface area contributed by atoms with Crippen molar-refractivity contribution in [1.29, 1.82) is 0 Å². The maximum absolute atomic E-state index is 12.7. The fourth-order valence-electron chi connectivity index (χ4n) is 3.66. The summed E-state index contributed by atoms with van der Waals surface area (Å²) in [6.45, 7) is 6.39. The topological polar surface area (TPSA) is 61.4 Å². The number of guanidine groups is 1. The quantitative estimate of drug-likeness (QED) is 0.308. The molecule has 1 atom stereocenters. The fourth-order valence-corrected chi connectivity index (χ4v) is 3.66. The Labute approximate surface area is 187 Å². The first-order valence-corrected chi connectivity index (χ1v) is 9.69. The monoisotopic (exact) mass is 525 g/mol. The van der Waals surface area contributed by atoms with Crippen molar-refractivity contribution in [1.82, 2.24) is 20.4 Å². The highest BCUT2D eigenvalue weighted by Gasteiger charge is 2.31. The Morgan fingerprint density at radius 3 is 2.59 bits per heavy atom. The summed E-state index contributed by atoms with van der Waals surface area (Å²) in [6.07, 6.45) is 0. The van der Waals surface area contributed by atoms with Gasteiger partial charge in [-0.15, -0.1) is 24.0 Å². The van der Waals surface area contributed by atoms with Crippen LogP contribution in [0.25, 0.3) is 0 Å². The van der Waals surface area contributed by atoms with E-state index in [1.54, 1.807) is 12.1 Å². The van der Waals surface area contributed by atoms with Crippen LogP contribution in [-0.2, 0) is 6.54 Å². The SMILES string of the molecule is CCNC(=NCc1cc(OC)ccc1OC(F)F)NCC1CN2CCN1CC2.I. The number of hydrogen-bond acceptors (Lipinski definition) is 5. The number of alkyl halides is 2. The van der Waals surface area contributed by atoms with E-state index in [-0.39, 0.29) is 36.3 Å². The van der Waals surface area contributed by atoms with Crippen molar-refractivity contribution in [2.24, 2.45) is 4.99 Å². The van der Waals surface area contributed by atoms with Crippen LogP contribution < -0.4 is 20.1 Å². The summed E-state index contributed by atoms with van der Waals surface area (Å²) in [6, 6.07) is 5.21. The molecular formula is C19H30F2IN5O2. The molecule has 3 saturated heterocycles. The molecule has 1 aromatic carbocycles. The second kappa shape index (κ2) is 11.7. The van der Waals surface area contributed by atoms with Crippen LogP contribution in [-0.4, -0.2) is 81.3 Å². The standard InChI is InChI=1S/C19H29F2N5O2.HI/c1-3-22-19(24-12-15-13-25-6-8-26(15)9-7-25)23-11-14-10-16(27-2)4-5-17(14)28-18(20)21;/h4-5,10,15,18H,3,6-9,11-13H2,1-2H3,(H2,22,23,24);1H. The number of aliphatic imine (C=N–C) groups is 1. The molecule has 3 aliphatic rings. The first-order valence-electron chi connectivity index (χ1n) is 9.69. The van der Waals surface area contributed by atoms with Gasteiger partial charge in [0.15, 0.2) is 5.96 Å². The van der Waals surface area contributed by atoms with E-state index in [9.17, 15) is 8.78 Å². The lowest BCUT2D eigenvalue weighted by molar-refractivity contribution is -0.0504. The molecule has 4 rings (SSSR count). The number of ether oxygens (including phenoxy) is 2. The molecule has 0 aliphatic carbocycles. The molecule has 164 valence electrons. The van der Waals surface area contributed by atoms with E-state index in [1.807, 2.05) is 6.92 Å². The molecule has 0 radical (unpaired) electrons. The van der Waals surface area contributed by atoms with E-state index in [2.05, 4.69) is 30.2 Å². The fraction of sp³-hybridized carbons (Fsp3) is 0.632. The third-order valence-electron chi connectivity index (χ3n) is 5.13. The number of nitrogens with zero attached hydrogens (tertiary/aromatic N) is 3. The first-order chi connectivity index (χ1) is 13.6. The van der Waals surface area contributed by atoms with Crippen LogP contribution in [0.4, 0.5) is 8.78 Å². The zero-order chi connectivity index (χ0) is 19.9. The minimum absolute atomic E-state index is 0. The van der Waals surface area contributed by atoms with Gasteiger partial charge < -0.3 is 20.1 Å². The van der Waals surface area contributed by atoms with Crippen LogP contribution in [0.15, 0.2) is 23.2 Å². The van der Waals surface area contributed by atoms with Crippen molar-refractivity contribution in [2.45, 2.75) is 26.1 Å². The zero-order valence-electron chi connectivity index (χ0n) is 16.9. The van der Waals surface area contributed by atoms with E-state index in [4.69, 9.17) is 4.74 Å². The van der Waals surface area contributed by atoms with E-state index in [0.29, 0.717) is 29.9 Å². The Hall–Kier alpha value is -1.40. The average molecular weight is 525 g/mol. The highest BCUT2D eigenvalue weighted by Crippen LogP contribution is 2.26. The lowest BCUT2D eigenvalue weighted by Crippen LogP contribution is -2.63. The Morgan fingerprint density at radius 2 is 2.00 bits per heavy atom. The molecular weight excluding hydrogens is 495 g/mol. The smallest absolute Gasteiger partial charge is 0.387 e. The number of fused-ring (bicyclic) bond motifs is 3. The van der Waals surface area contributed by atoms with Crippen LogP contribution in [0.2, 0.25) is 0 Å². The van der Waals surface area contributed by atoms with Gasteiger partial charge in [0.05, 0.1) is 13.7 Å². The molecule has 7 nitrogen and oxygen atoms in total. The summed E-state index contributed by atoms with van der Waals surface area (Å²) < 4.78 is 35.2. The van der Waals surface area contributed by atoms with E-state index < -0.39 is 6.61 Å². The maximum atomic E-state index is 12.7. The molecule has 2 N–H and O–H groups in total. The predicted octanol–water partition coefficient (Wildman–Crippen LogP) is 1.97. The van der Waals surface area contributed by atoms with Gasteiger partial charge in [-0.05, 0) is 25.1 Å². The molecule has 1 unspecified atom stereocenters. The van der Waals surface area contributed by atoms with Crippen LogP contribution in [0.5, 0.6) is 11.5 Å². The van der Waals surface area contributed by atoms with Crippen molar-refractivity contribution in [3.63, 3.8) is 0 Å². The molecule has 3 aliphatic heterocycles. The van der Waals surface area contributed by atoms with Gasteiger partial charge in [-0.3, -0.25) is 9.80 Å². The molecule has 0 spiro atoms. The van der Waals surface area contributed by atoms with Crippen LogP contribution in [0.3, 0.4) is 0 Å². The number of hydrogen-bond donors (Lipinski definition) is 2. The molecule has 10 heteroatoms. The average Bonchev–Trinajstić information content (AvgIpc) is 2.71. The van der Waals surface area contributed by atoms with Crippen molar-refractivity contribution in [2.75, 3.05) is 52.9 Å². The van der Waals surface area contributed by atoms with Gasteiger partial charge in [0.25, 0.3) is 0 Å². The Kier molecular flexibility index (Phi) is 9.63.